The van der Waals surface area contributed by atoms with Crippen LogP contribution < -0.4 is 5.32 Å². The Balaban J connectivity index is 2.07. The van der Waals surface area contributed by atoms with Gasteiger partial charge in [-0.15, -0.1) is 0 Å². The molecule has 0 aromatic carbocycles. The number of hydrogen-bond acceptors (Lipinski definition) is 2. The summed E-state index contributed by atoms with van der Waals surface area (Å²) in [6.45, 7) is 2.53. The van der Waals surface area contributed by atoms with E-state index in [1.165, 1.54) is 25.9 Å². The summed E-state index contributed by atoms with van der Waals surface area (Å²) in [7, 11) is 2.23. The number of likely N-dealkylation sites (N-methyl/N-ethyl adjacent to an activating group) is 1. The summed E-state index contributed by atoms with van der Waals surface area (Å²) in [6.07, 6.45) is 2.72. The van der Waals surface area contributed by atoms with E-state index in [1.54, 1.807) is 0 Å². The third-order valence-corrected chi connectivity index (χ3v) is 2.67. The van der Waals surface area contributed by atoms with Crippen LogP contribution in [0.4, 0.5) is 0 Å². The van der Waals surface area contributed by atoms with Crippen molar-refractivity contribution in [1.82, 2.24) is 10.2 Å². The van der Waals surface area contributed by atoms with E-state index in [0.717, 1.165) is 12.1 Å². The summed E-state index contributed by atoms with van der Waals surface area (Å²) >= 11 is 0. The van der Waals surface area contributed by atoms with Gasteiger partial charge in [0.1, 0.15) is 0 Å². The standard InChI is InChI=1S/C7H14N2/c1-9-5-3-6-7(9)2-4-8-6/h6-8H,2-5H2,1H3/t6-,7-/m0/s1. The number of rotatable bonds is 0. The third-order valence-electron chi connectivity index (χ3n) is 2.67. The van der Waals surface area contributed by atoms with Gasteiger partial charge in [-0.05, 0) is 33.0 Å². The van der Waals surface area contributed by atoms with Gasteiger partial charge < -0.3 is 10.2 Å². The van der Waals surface area contributed by atoms with Crippen molar-refractivity contribution in [3.63, 3.8) is 0 Å². The average molecular weight is 126 g/mol. The second kappa shape index (κ2) is 1.96. The van der Waals surface area contributed by atoms with Crippen molar-refractivity contribution in [2.75, 3.05) is 20.1 Å². The quantitative estimate of drug-likeness (QED) is 0.493. The molecule has 2 rings (SSSR count). The first-order chi connectivity index (χ1) is 4.38. The Labute approximate surface area is 56.2 Å². The number of hydrogen-bond donors (Lipinski definition) is 1. The van der Waals surface area contributed by atoms with E-state index in [0.29, 0.717) is 0 Å². The Bertz CT molecular complexity index is 113. The maximum atomic E-state index is 3.51. The lowest BCUT2D eigenvalue weighted by Gasteiger charge is -2.16. The van der Waals surface area contributed by atoms with Crippen LogP contribution in [0.5, 0.6) is 0 Å². The van der Waals surface area contributed by atoms with Crippen LogP contribution in [0.15, 0.2) is 0 Å². The first-order valence-corrected chi connectivity index (χ1v) is 3.81. The Kier molecular flexibility index (Phi) is 1.24. The van der Waals surface area contributed by atoms with Crippen LogP contribution in [-0.2, 0) is 0 Å². The Morgan fingerprint density at radius 3 is 3.11 bits per heavy atom. The first-order valence-electron chi connectivity index (χ1n) is 3.81. The summed E-state index contributed by atoms with van der Waals surface area (Å²) in [5, 5.41) is 3.51. The zero-order chi connectivity index (χ0) is 6.27. The molecule has 0 aromatic rings. The second-order valence-corrected chi connectivity index (χ2v) is 3.19. The highest BCUT2D eigenvalue weighted by atomic mass is 15.2. The minimum atomic E-state index is 0.829. The third kappa shape index (κ3) is 0.775. The molecule has 2 nitrogen and oxygen atoms in total. The molecule has 2 heterocycles. The topological polar surface area (TPSA) is 15.3 Å². The summed E-state index contributed by atoms with van der Waals surface area (Å²) in [4.78, 5) is 2.48. The van der Waals surface area contributed by atoms with Crippen molar-refractivity contribution in [3.8, 4) is 0 Å². The molecule has 1 N–H and O–H groups in total. The van der Waals surface area contributed by atoms with Gasteiger partial charge in [0.15, 0.2) is 0 Å². The van der Waals surface area contributed by atoms with Gasteiger partial charge in [0, 0.05) is 12.1 Å². The monoisotopic (exact) mass is 126 g/mol. The summed E-state index contributed by atoms with van der Waals surface area (Å²) in [6, 6.07) is 1.69. The predicted molar refractivity (Wildman–Crippen MR) is 37.4 cm³/mol. The van der Waals surface area contributed by atoms with Crippen molar-refractivity contribution < 1.29 is 0 Å². The van der Waals surface area contributed by atoms with Gasteiger partial charge >= 0.3 is 0 Å². The fourth-order valence-corrected chi connectivity index (χ4v) is 2.08. The van der Waals surface area contributed by atoms with Gasteiger partial charge in [-0.3, -0.25) is 0 Å². The molecular formula is C7H14N2. The molecule has 2 saturated heterocycles. The fourth-order valence-electron chi connectivity index (χ4n) is 2.08. The van der Waals surface area contributed by atoms with E-state index in [4.69, 9.17) is 0 Å². The lowest BCUT2D eigenvalue weighted by atomic mass is 10.1. The molecule has 2 aliphatic rings. The van der Waals surface area contributed by atoms with Crippen LogP contribution in [-0.4, -0.2) is 37.1 Å². The summed E-state index contributed by atoms with van der Waals surface area (Å²) < 4.78 is 0. The normalized spacial score (nSPS) is 43.7. The highest BCUT2D eigenvalue weighted by Crippen LogP contribution is 2.22. The minimum absolute atomic E-state index is 0.829. The van der Waals surface area contributed by atoms with Crippen molar-refractivity contribution >= 4 is 0 Å². The Morgan fingerprint density at radius 2 is 2.33 bits per heavy atom. The molecule has 0 spiro atoms. The van der Waals surface area contributed by atoms with Crippen LogP contribution >= 0.6 is 0 Å². The van der Waals surface area contributed by atoms with Crippen LogP contribution in [0.2, 0.25) is 0 Å². The maximum Gasteiger partial charge on any atom is 0.0258 e. The smallest absolute Gasteiger partial charge is 0.0258 e. The molecule has 2 atom stereocenters. The molecule has 0 unspecified atom stereocenters. The van der Waals surface area contributed by atoms with Gasteiger partial charge in [0.25, 0.3) is 0 Å². The molecule has 0 aromatic heterocycles. The summed E-state index contributed by atoms with van der Waals surface area (Å²) in [5.74, 6) is 0. The van der Waals surface area contributed by atoms with Crippen molar-refractivity contribution in [2.45, 2.75) is 24.9 Å². The number of nitrogens with zero attached hydrogens (tertiary/aromatic N) is 1. The van der Waals surface area contributed by atoms with Gasteiger partial charge in [0.05, 0.1) is 0 Å². The van der Waals surface area contributed by atoms with E-state index in [9.17, 15) is 0 Å². The molecule has 9 heavy (non-hydrogen) atoms. The predicted octanol–water partition coefficient (Wildman–Crippen LogP) is 0.0524. The van der Waals surface area contributed by atoms with Gasteiger partial charge in [-0.2, -0.15) is 0 Å². The van der Waals surface area contributed by atoms with E-state index in [2.05, 4.69) is 17.3 Å². The first kappa shape index (κ1) is 5.69. The fraction of sp³-hybridized carbons (Fsp3) is 1.00. The molecule has 2 fully saturated rings. The van der Waals surface area contributed by atoms with Gasteiger partial charge in [-0.25, -0.2) is 0 Å². The lowest BCUT2D eigenvalue weighted by Crippen LogP contribution is -2.31. The Hall–Kier alpha value is -0.0800. The zero-order valence-electron chi connectivity index (χ0n) is 5.93. The van der Waals surface area contributed by atoms with Gasteiger partial charge in [0.2, 0.25) is 0 Å². The van der Waals surface area contributed by atoms with E-state index >= 15 is 0 Å². The van der Waals surface area contributed by atoms with Gasteiger partial charge in [-0.1, -0.05) is 0 Å². The maximum absolute atomic E-state index is 3.51. The lowest BCUT2D eigenvalue weighted by molar-refractivity contribution is 0.310. The van der Waals surface area contributed by atoms with Crippen LogP contribution in [0.1, 0.15) is 12.8 Å². The number of likely N-dealkylation sites (tertiary alicyclic amines) is 1. The SMILES string of the molecule is CN1CC[C@@H]2NCC[C@@H]21. The zero-order valence-corrected chi connectivity index (χ0v) is 5.93. The highest BCUT2D eigenvalue weighted by Gasteiger charge is 2.34. The highest BCUT2D eigenvalue weighted by molar-refractivity contribution is 4.95. The molecule has 0 saturated carbocycles. The molecule has 2 heteroatoms. The molecule has 0 radical (unpaired) electrons. The van der Waals surface area contributed by atoms with E-state index in [1.807, 2.05) is 0 Å². The van der Waals surface area contributed by atoms with Crippen LogP contribution in [0.25, 0.3) is 0 Å². The van der Waals surface area contributed by atoms with Crippen LogP contribution in [0.3, 0.4) is 0 Å². The molecule has 2 aliphatic heterocycles. The second-order valence-electron chi connectivity index (χ2n) is 3.19. The minimum Gasteiger partial charge on any atom is -0.312 e. The van der Waals surface area contributed by atoms with E-state index < -0.39 is 0 Å². The molecule has 0 aliphatic carbocycles. The molecule has 52 valence electrons. The molecule has 0 bridgehead atoms. The molecular weight excluding hydrogens is 112 g/mol. The molecule has 0 amide bonds. The van der Waals surface area contributed by atoms with E-state index in [-0.39, 0.29) is 0 Å². The average Bonchev–Trinajstić information content (AvgIpc) is 2.35. The largest absolute Gasteiger partial charge is 0.312 e. The Morgan fingerprint density at radius 1 is 1.44 bits per heavy atom. The van der Waals surface area contributed by atoms with Crippen LogP contribution in [0, 0.1) is 0 Å². The van der Waals surface area contributed by atoms with Crippen molar-refractivity contribution in [1.29, 1.82) is 0 Å². The van der Waals surface area contributed by atoms with Crippen molar-refractivity contribution in [3.05, 3.63) is 0 Å². The number of fused-ring (bicyclic) bond motifs is 1. The number of nitrogens with one attached hydrogen (secondary N) is 1. The van der Waals surface area contributed by atoms with Crippen molar-refractivity contribution in [2.24, 2.45) is 0 Å². The summed E-state index contributed by atoms with van der Waals surface area (Å²) in [5.41, 5.74) is 0.